The van der Waals surface area contributed by atoms with E-state index in [1.807, 2.05) is 6.20 Å². The Morgan fingerprint density at radius 3 is 2.88 bits per heavy atom. The number of thiazole rings is 1. The van der Waals surface area contributed by atoms with Crippen molar-refractivity contribution in [3.05, 3.63) is 33.1 Å². The Morgan fingerprint density at radius 2 is 2.24 bits per heavy atom. The van der Waals surface area contributed by atoms with Crippen molar-refractivity contribution in [3.8, 4) is 0 Å². The average Bonchev–Trinajstić information content (AvgIpc) is 2.81. The Kier molecular flexibility index (Phi) is 4.06. The van der Waals surface area contributed by atoms with Crippen LogP contribution in [0.3, 0.4) is 0 Å². The number of nitrogens with zero attached hydrogens (tertiary/aromatic N) is 3. The highest BCUT2D eigenvalue weighted by molar-refractivity contribution is 9.10. The van der Waals surface area contributed by atoms with Crippen molar-refractivity contribution >= 4 is 33.1 Å². The molecule has 2 aromatic rings. The van der Waals surface area contributed by atoms with Gasteiger partial charge in [-0.15, -0.1) is 11.3 Å². The Morgan fingerprint density at radius 1 is 1.41 bits per heavy atom. The van der Waals surface area contributed by atoms with Crippen LogP contribution in [0.4, 0.5) is 5.82 Å². The van der Waals surface area contributed by atoms with E-state index in [-0.39, 0.29) is 6.04 Å². The van der Waals surface area contributed by atoms with Crippen molar-refractivity contribution in [1.82, 2.24) is 15.0 Å². The van der Waals surface area contributed by atoms with Gasteiger partial charge in [-0.3, -0.25) is 0 Å². The molecule has 6 heteroatoms. The van der Waals surface area contributed by atoms with Gasteiger partial charge in [0.25, 0.3) is 0 Å². The molecule has 1 N–H and O–H groups in total. The maximum Gasteiger partial charge on any atom is 0.144 e. The molecule has 0 aliphatic carbocycles. The third-order valence-corrected chi connectivity index (χ3v) is 4.22. The number of hydrogen-bond acceptors (Lipinski definition) is 5. The molecule has 4 nitrogen and oxygen atoms in total. The summed E-state index contributed by atoms with van der Waals surface area (Å²) in [6, 6.07) is 0.145. The van der Waals surface area contributed by atoms with Crippen molar-refractivity contribution in [1.29, 1.82) is 0 Å². The van der Waals surface area contributed by atoms with Gasteiger partial charge in [-0.25, -0.2) is 15.0 Å². The first-order valence-electron chi connectivity index (χ1n) is 5.37. The molecule has 0 amide bonds. The number of aromatic nitrogens is 3. The predicted octanol–water partition coefficient (Wildman–Crippen LogP) is 3.43. The molecule has 0 spiro atoms. The van der Waals surface area contributed by atoms with Crippen LogP contribution in [-0.2, 0) is 6.42 Å². The lowest BCUT2D eigenvalue weighted by atomic mass is 10.3. The molecule has 0 fully saturated rings. The van der Waals surface area contributed by atoms with Gasteiger partial charge >= 0.3 is 0 Å². The summed E-state index contributed by atoms with van der Waals surface area (Å²) in [5, 5.41) is 4.39. The van der Waals surface area contributed by atoms with Crippen LogP contribution in [-0.4, -0.2) is 15.0 Å². The van der Waals surface area contributed by atoms with Crippen LogP contribution < -0.4 is 5.32 Å². The fourth-order valence-electron chi connectivity index (χ4n) is 1.37. The maximum atomic E-state index is 4.41. The van der Waals surface area contributed by atoms with E-state index in [0.29, 0.717) is 0 Å². The fraction of sp³-hybridized carbons (Fsp3) is 0.364. The van der Waals surface area contributed by atoms with Crippen molar-refractivity contribution in [2.45, 2.75) is 26.3 Å². The second-order valence-electron chi connectivity index (χ2n) is 3.60. The van der Waals surface area contributed by atoms with Crippen LogP contribution in [0.25, 0.3) is 0 Å². The normalized spacial score (nSPS) is 12.4. The lowest BCUT2D eigenvalue weighted by Crippen LogP contribution is -2.08. The first-order chi connectivity index (χ1) is 8.20. The Labute approximate surface area is 113 Å². The largest absolute Gasteiger partial charge is 0.360 e. The summed E-state index contributed by atoms with van der Waals surface area (Å²) in [7, 11) is 0. The Hall–Kier alpha value is -1.01. The van der Waals surface area contributed by atoms with Gasteiger partial charge in [0.05, 0.1) is 10.5 Å². The third-order valence-electron chi connectivity index (χ3n) is 2.31. The van der Waals surface area contributed by atoms with E-state index in [0.717, 1.165) is 21.7 Å². The van der Waals surface area contributed by atoms with Crippen LogP contribution in [0.15, 0.2) is 23.2 Å². The van der Waals surface area contributed by atoms with Crippen molar-refractivity contribution in [2.24, 2.45) is 0 Å². The minimum Gasteiger partial charge on any atom is -0.360 e. The molecule has 1 unspecified atom stereocenters. The van der Waals surface area contributed by atoms with Crippen LogP contribution in [0.1, 0.15) is 29.8 Å². The molecule has 90 valence electrons. The van der Waals surface area contributed by atoms with E-state index in [4.69, 9.17) is 0 Å². The SMILES string of the molecule is CCc1cnc(C(C)Nc2ncncc2Br)s1. The van der Waals surface area contributed by atoms with Crippen LogP contribution in [0, 0.1) is 0 Å². The third kappa shape index (κ3) is 3.01. The lowest BCUT2D eigenvalue weighted by Gasteiger charge is -2.12. The van der Waals surface area contributed by atoms with Crippen molar-refractivity contribution in [2.75, 3.05) is 5.32 Å². The monoisotopic (exact) mass is 312 g/mol. The molecule has 0 saturated carbocycles. The highest BCUT2D eigenvalue weighted by Gasteiger charge is 2.11. The molecule has 0 aliphatic rings. The summed E-state index contributed by atoms with van der Waals surface area (Å²) in [5.74, 6) is 0.792. The minimum absolute atomic E-state index is 0.145. The highest BCUT2D eigenvalue weighted by atomic mass is 79.9. The molecule has 2 rings (SSSR count). The molecule has 0 aliphatic heterocycles. The molecule has 0 saturated heterocycles. The first-order valence-corrected chi connectivity index (χ1v) is 6.98. The van der Waals surface area contributed by atoms with Gasteiger partial charge in [0.15, 0.2) is 0 Å². The number of nitrogens with one attached hydrogen (secondary N) is 1. The Bertz CT molecular complexity index is 500. The van der Waals surface area contributed by atoms with Gasteiger partial charge in [-0.1, -0.05) is 6.92 Å². The van der Waals surface area contributed by atoms with E-state index in [1.54, 1.807) is 17.5 Å². The van der Waals surface area contributed by atoms with Gasteiger partial charge in [0.1, 0.15) is 17.2 Å². The average molecular weight is 313 g/mol. The number of aryl methyl sites for hydroxylation is 1. The summed E-state index contributed by atoms with van der Waals surface area (Å²) in [4.78, 5) is 13.8. The van der Waals surface area contributed by atoms with E-state index < -0.39 is 0 Å². The second kappa shape index (κ2) is 5.55. The summed E-state index contributed by atoms with van der Waals surface area (Å²) < 4.78 is 0.860. The smallest absolute Gasteiger partial charge is 0.144 e. The van der Waals surface area contributed by atoms with Crippen LogP contribution in [0.5, 0.6) is 0 Å². The highest BCUT2D eigenvalue weighted by Crippen LogP contribution is 2.26. The minimum atomic E-state index is 0.145. The zero-order valence-corrected chi connectivity index (χ0v) is 12.0. The lowest BCUT2D eigenvalue weighted by molar-refractivity contribution is 0.856. The summed E-state index contributed by atoms with van der Waals surface area (Å²) in [6.07, 6.45) is 6.22. The van der Waals surface area contributed by atoms with Crippen molar-refractivity contribution in [3.63, 3.8) is 0 Å². The molecule has 0 bridgehead atoms. The standard InChI is InChI=1S/C11H13BrN4S/c1-3-8-4-14-11(17-8)7(2)16-10-9(12)5-13-6-15-10/h4-7H,3H2,1-2H3,(H,13,15,16). The number of hydrogen-bond donors (Lipinski definition) is 1. The maximum absolute atomic E-state index is 4.41. The second-order valence-corrected chi connectivity index (χ2v) is 5.60. The van der Waals surface area contributed by atoms with Gasteiger partial charge in [-0.05, 0) is 29.3 Å². The van der Waals surface area contributed by atoms with E-state index >= 15 is 0 Å². The topological polar surface area (TPSA) is 50.7 Å². The first kappa shape index (κ1) is 12.4. The summed E-state index contributed by atoms with van der Waals surface area (Å²) >= 11 is 5.15. The molecule has 17 heavy (non-hydrogen) atoms. The number of anilines is 1. The zero-order chi connectivity index (χ0) is 12.3. The van der Waals surface area contributed by atoms with E-state index in [9.17, 15) is 0 Å². The Balaban J connectivity index is 2.11. The predicted molar refractivity (Wildman–Crippen MR) is 73.3 cm³/mol. The summed E-state index contributed by atoms with van der Waals surface area (Å²) in [6.45, 7) is 4.21. The van der Waals surface area contributed by atoms with Crippen LogP contribution >= 0.6 is 27.3 Å². The summed E-state index contributed by atoms with van der Waals surface area (Å²) in [5.41, 5.74) is 0. The molecule has 0 aromatic carbocycles. The van der Waals surface area contributed by atoms with E-state index in [1.165, 1.54) is 11.2 Å². The number of halogens is 1. The molecule has 2 heterocycles. The fourth-order valence-corrected chi connectivity index (χ4v) is 2.57. The molecule has 1 atom stereocenters. The van der Waals surface area contributed by atoms with Gasteiger partial charge in [0, 0.05) is 17.3 Å². The van der Waals surface area contributed by atoms with Crippen LogP contribution in [0.2, 0.25) is 0 Å². The quantitative estimate of drug-likeness (QED) is 0.939. The number of rotatable bonds is 4. The zero-order valence-electron chi connectivity index (χ0n) is 9.64. The molecule has 2 aromatic heterocycles. The van der Waals surface area contributed by atoms with E-state index in [2.05, 4.69) is 50.0 Å². The molecular formula is C11H13BrN4S. The van der Waals surface area contributed by atoms with Gasteiger partial charge in [0.2, 0.25) is 0 Å². The van der Waals surface area contributed by atoms with Gasteiger partial charge < -0.3 is 5.32 Å². The van der Waals surface area contributed by atoms with Gasteiger partial charge in [-0.2, -0.15) is 0 Å². The molecule has 0 radical (unpaired) electrons. The van der Waals surface area contributed by atoms with Crippen molar-refractivity contribution < 1.29 is 0 Å². The molecular weight excluding hydrogens is 300 g/mol.